The first-order valence-electron chi connectivity index (χ1n) is 6.25. The number of imidazole rings is 1. The van der Waals surface area contributed by atoms with Gasteiger partial charge in [-0.15, -0.1) is 0 Å². The van der Waals surface area contributed by atoms with Crippen LogP contribution < -0.4 is 10.6 Å². The van der Waals surface area contributed by atoms with E-state index in [1.165, 1.54) is 6.33 Å². The third-order valence-corrected chi connectivity index (χ3v) is 2.74. The van der Waals surface area contributed by atoms with Gasteiger partial charge in [0, 0.05) is 30.8 Å². The number of carbonyl (C=O) groups excluding carboxylic acids is 1. The maximum atomic E-state index is 11.9. The third kappa shape index (κ3) is 5.09. The maximum Gasteiger partial charge on any atom is 0.326 e. The Morgan fingerprint density at radius 1 is 1.53 bits per heavy atom. The van der Waals surface area contributed by atoms with E-state index in [0.717, 1.165) is 6.54 Å². The van der Waals surface area contributed by atoms with Crippen molar-refractivity contribution < 1.29 is 14.7 Å². The van der Waals surface area contributed by atoms with Crippen molar-refractivity contribution in [2.45, 2.75) is 26.3 Å². The van der Waals surface area contributed by atoms with Gasteiger partial charge in [-0.05, 0) is 6.54 Å². The second kappa shape index (κ2) is 7.52. The minimum Gasteiger partial charge on any atom is -0.480 e. The molecule has 106 valence electrons. The second-order valence-corrected chi connectivity index (χ2v) is 4.39. The minimum atomic E-state index is -1.06. The van der Waals surface area contributed by atoms with E-state index in [1.54, 1.807) is 13.1 Å². The molecule has 1 heterocycles. The van der Waals surface area contributed by atoms with E-state index in [-0.39, 0.29) is 18.2 Å². The van der Waals surface area contributed by atoms with Crippen molar-refractivity contribution in [3.63, 3.8) is 0 Å². The molecular weight excluding hydrogens is 248 g/mol. The molecule has 7 heteroatoms. The molecule has 0 aliphatic rings. The zero-order chi connectivity index (χ0) is 14.3. The number of H-pyrrole nitrogens is 1. The van der Waals surface area contributed by atoms with Crippen molar-refractivity contribution in [1.82, 2.24) is 20.6 Å². The number of carboxylic acids is 1. The number of amides is 1. The summed E-state index contributed by atoms with van der Waals surface area (Å²) in [5.41, 5.74) is 0.673. The topological polar surface area (TPSA) is 107 Å². The van der Waals surface area contributed by atoms with Gasteiger partial charge in [0.25, 0.3) is 0 Å². The van der Waals surface area contributed by atoms with E-state index in [1.807, 2.05) is 6.92 Å². The highest BCUT2D eigenvalue weighted by Crippen LogP contribution is 2.01. The highest BCUT2D eigenvalue weighted by atomic mass is 16.4. The van der Waals surface area contributed by atoms with Crippen molar-refractivity contribution in [1.29, 1.82) is 0 Å². The van der Waals surface area contributed by atoms with Crippen LogP contribution in [0.1, 0.15) is 19.5 Å². The van der Waals surface area contributed by atoms with Gasteiger partial charge in [-0.1, -0.05) is 13.8 Å². The van der Waals surface area contributed by atoms with Crippen LogP contribution in [0, 0.1) is 5.92 Å². The van der Waals surface area contributed by atoms with Crippen LogP contribution in [-0.4, -0.2) is 46.1 Å². The first-order chi connectivity index (χ1) is 9.04. The molecule has 0 aromatic carbocycles. The molecule has 1 unspecified atom stereocenters. The molecule has 7 nitrogen and oxygen atoms in total. The number of nitrogens with zero attached hydrogens (tertiary/aromatic N) is 1. The lowest BCUT2D eigenvalue weighted by molar-refractivity contribution is -0.142. The summed E-state index contributed by atoms with van der Waals surface area (Å²) in [7, 11) is 0. The fraction of sp³-hybridized carbons (Fsp3) is 0.583. The number of aliphatic carboxylic acids is 1. The Balaban J connectivity index is 2.53. The van der Waals surface area contributed by atoms with Crippen molar-refractivity contribution >= 4 is 11.9 Å². The summed E-state index contributed by atoms with van der Waals surface area (Å²) >= 11 is 0. The maximum absolute atomic E-state index is 11.9. The zero-order valence-corrected chi connectivity index (χ0v) is 11.1. The lowest BCUT2D eigenvalue weighted by Gasteiger charge is -2.17. The van der Waals surface area contributed by atoms with Gasteiger partial charge in [-0.25, -0.2) is 9.78 Å². The standard InChI is InChI=1S/C12H20N4O3/c1-3-13-5-8(2)11(17)16-10(12(18)19)4-9-6-14-7-15-9/h6-8,10,13H,3-5H2,1-2H3,(H,14,15)(H,16,17)(H,18,19)/t8?,10-/m1/s1. The van der Waals surface area contributed by atoms with E-state index in [2.05, 4.69) is 20.6 Å². The molecule has 0 radical (unpaired) electrons. The minimum absolute atomic E-state index is 0.189. The Morgan fingerprint density at radius 2 is 2.26 bits per heavy atom. The number of hydrogen-bond acceptors (Lipinski definition) is 4. The molecule has 0 saturated carbocycles. The smallest absolute Gasteiger partial charge is 0.326 e. The average molecular weight is 268 g/mol. The highest BCUT2D eigenvalue weighted by Gasteiger charge is 2.23. The predicted molar refractivity (Wildman–Crippen MR) is 69.6 cm³/mol. The molecule has 0 aliphatic carbocycles. The molecular formula is C12H20N4O3. The Bertz CT molecular complexity index is 405. The summed E-state index contributed by atoms with van der Waals surface area (Å²) in [6, 6.07) is -0.947. The van der Waals surface area contributed by atoms with Gasteiger partial charge in [-0.3, -0.25) is 4.79 Å². The monoisotopic (exact) mass is 268 g/mol. The van der Waals surface area contributed by atoms with Crippen molar-refractivity contribution in [3.8, 4) is 0 Å². The Hall–Kier alpha value is -1.89. The number of carboxylic acid groups (broad SMARTS) is 1. The van der Waals surface area contributed by atoms with Crippen molar-refractivity contribution in [2.75, 3.05) is 13.1 Å². The molecule has 0 bridgehead atoms. The van der Waals surface area contributed by atoms with Crippen LogP contribution in [0.15, 0.2) is 12.5 Å². The van der Waals surface area contributed by atoms with E-state index < -0.39 is 12.0 Å². The lowest BCUT2D eigenvalue weighted by Crippen LogP contribution is -2.46. The SMILES string of the molecule is CCNCC(C)C(=O)N[C@H](Cc1cnc[nH]1)C(=O)O. The van der Waals surface area contributed by atoms with Crippen LogP contribution in [0.25, 0.3) is 0 Å². The van der Waals surface area contributed by atoms with E-state index in [4.69, 9.17) is 5.11 Å². The molecule has 0 fully saturated rings. The number of nitrogens with one attached hydrogen (secondary N) is 3. The summed E-state index contributed by atoms with van der Waals surface area (Å²) in [5, 5.41) is 14.7. The van der Waals surface area contributed by atoms with Gasteiger partial charge in [-0.2, -0.15) is 0 Å². The fourth-order valence-corrected chi connectivity index (χ4v) is 1.58. The summed E-state index contributed by atoms with van der Waals surface area (Å²) < 4.78 is 0. The van der Waals surface area contributed by atoms with E-state index >= 15 is 0 Å². The van der Waals surface area contributed by atoms with E-state index in [9.17, 15) is 9.59 Å². The number of aromatic amines is 1. The normalized spacial score (nSPS) is 13.8. The average Bonchev–Trinajstić information content (AvgIpc) is 2.87. The number of rotatable bonds is 8. The third-order valence-electron chi connectivity index (χ3n) is 2.74. The number of aromatic nitrogens is 2. The highest BCUT2D eigenvalue weighted by molar-refractivity contribution is 5.85. The molecule has 19 heavy (non-hydrogen) atoms. The molecule has 1 aromatic rings. The fourth-order valence-electron chi connectivity index (χ4n) is 1.58. The second-order valence-electron chi connectivity index (χ2n) is 4.39. The zero-order valence-electron chi connectivity index (χ0n) is 11.1. The summed E-state index contributed by atoms with van der Waals surface area (Å²) in [6.45, 7) is 5.00. The van der Waals surface area contributed by atoms with Gasteiger partial charge in [0.15, 0.2) is 0 Å². The van der Waals surface area contributed by atoms with Crippen LogP contribution >= 0.6 is 0 Å². The van der Waals surface area contributed by atoms with Crippen LogP contribution in [-0.2, 0) is 16.0 Å². The molecule has 1 amide bonds. The summed E-state index contributed by atoms with van der Waals surface area (Å²) in [5.74, 6) is -1.60. The largest absolute Gasteiger partial charge is 0.480 e. The lowest BCUT2D eigenvalue weighted by atomic mass is 10.1. The van der Waals surface area contributed by atoms with Gasteiger partial charge in [0.05, 0.1) is 6.33 Å². The van der Waals surface area contributed by atoms with Crippen molar-refractivity contribution in [3.05, 3.63) is 18.2 Å². The molecule has 2 atom stereocenters. The van der Waals surface area contributed by atoms with Crippen LogP contribution in [0.3, 0.4) is 0 Å². The Morgan fingerprint density at radius 3 is 2.79 bits per heavy atom. The molecule has 0 saturated heterocycles. The van der Waals surface area contributed by atoms with Gasteiger partial charge >= 0.3 is 5.97 Å². The van der Waals surface area contributed by atoms with E-state index in [0.29, 0.717) is 12.2 Å². The Kier molecular flexibility index (Phi) is 6.01. The molecule has 1 rings (SSSR count). The van der Waals surface area contributed by atoms with Crippen molar-refractivity contribution in [2.24, 2.45) is 5.92 Å². The van der Waals surface area contributed by atoms with Gasteiger partial charge in [0.2, 0.25) is 5.91 Å². The van der Waals surface area contributed by atoms with Crippen LogP contribution in [0.2, 0.25) is 0 Å². The first-order valence-corrected chi connectivity index (χ1v) is 6.25. The quantitative estimate of drug-likeness (QED) is 0.521. The van der Waals surface area contributed by atoms with Crippen LogP contribution in [0.5, 0.6) is 0 Å². The molecule has 1 aromatic heterocycles. The summed E-state index contributed by atoms with van der Waals surface area (Å²) in [4.78, 5) is 29.6. The number of carbonyl (C=O) groups is 2. The molecule has 0 aliphatic heterocycles. The first kappa shape index (κ1) is 15.2. The summed E-state index contributed by atoms with van der Waals surface area (Å²) in [6.07, 6.45) is 3.21. The predicted octanol–water partition coefficient (Wildman–Crippen LogP) is -0.233. The van der Waals surface area contributed by atoms with Crippen LogP contribution in [0.4, 0.5) is 0 Å². The Labute approximate surface area is 111 Å². The van der Waals surface area contributed by atoms with Gasteiger partial charge < -0.3 is 20.7 Å². The van der Waals surface area contributed by atoms with Gasteiger partial charge in [0.1, 0.15) is 6.04 Å². The molecule has 0 spiro atoms. The number of hydrogen-bond donors (Lipinski definition) is 4. The molecule has 4 N–H and O–H groups in total.